The molecular formula is C11H16Cl2N2O. The summed E-state index contributed by atoms with van der Waals surface area (Å²) < 4.78 is 0. The molecule has 0 saturated carbocycles. The molecule has 16 heavy (non-hydrogen) atoms. The van der Waals surface area contributed by atoms with Crippen LogP contribution in [0.4, 0.5) is 0 Å². The van der Waals surface area contributed by atoms with Crippen LogP contribution >= 0.6 is 24.0 Å². The molecule has 3 N–H and O–H groups in total. The summed E-state index contributed by atoms with van der Waals surface area (Å²) in [6.07, 6.45) is 0. The first-order valence-electron chi connectivity index (χ1n) is 4.82. The Labute approximate surface area is 107 Å². The summed E-state index contributed by atoms with van der Waals surface area (Å²) >= 11 is 5.77. The number of nitrogens with two attached hydrogens (primary N) is 1. The molecular weight excluding hydrogens is 247 g/mol. The molecule has 0 bridgehead atoms. The van der Waals surface area contributed by atoms with E-state index in [-0.39, 0.29) is 24.4 Å². The fourth-order valence-electron chi connectivity index (χ4n) is 1.18. The van der Waals surface area contributed by atoms with Crippen LogP contribution in [0.15, 0.2) is 24.3 Å². The molecule has 0 aliphatic carbocycles. The van der Waals surface area contributed by atoms with Gasteiger partial charge in [0, 0.05) is 5.02 Å². The number of carbonyl (C=O) groups is 1. The first kappa shape index (κ1) is 15.2. The van der Waals surface area contributed by atoms with E-state index in [9.17, 15) is 4.79 Å². The standard InChI is InChI=1S/C11H15ClN2O.ClH/c1-7(13)11(15)14-8(2)9-3-5-10(12)6-4-9;/h3-8H,13H2,1-2H3,(H,14,15);1H/t7-,8?;/m0./s1. The van der Waals surface area contributed by atoms with Gasteiger partial charge < -0.3 is 11.1 Å². The van der Waals surface area contributed by atoms with E-state index in [2.05, 4.69) is 5.32 Å². The van der Waals surface area contributed by atoms with Gasteiger partial charge in [0.25, 0.3) is 0 Å². The summed E-state index contributed by atoms with van der Waals surface area (Å²) in [7, 11) is 0. The van der Waals surface area contributed by atoms with Gasteiger partial charge in [-0.15, -0.1) is 12.4 Å². The van der Waals surface area contributed by atoms with E-state index in [1.165, 1.54) is 0 Å². The number of amides is 1. The zero-order valence-corrected chi connectivity index (χ0v) is 10.8. The Balaban J connectivity index is 0.00000225. The normalized spacial score (nSPS) is 13.5. The Morgan fingerprint density at radius 1 is 1.31 bits per heavy atom. The Morgan fingerprint density at radius 2 is 1.81 bits per heavy atom. The zero-order valence-electron chi connectivity index (χ0n) is 9.24. The minimum atomic E-state index is -0.486. The van der Waals surface area contributed by atoms with Crippen LogP contribution in [-0.4, -0.2) is 11.9 Å². The molecule has 0 radical (unpaired) electrons. The van der Waals surface area contributed by atoms with Crippen molar-refractivity contribution in [3.05, 3.63) is 34.9 Å². The van der Waals surface area contributed by atoms with Gasteiger partial charge >= 0.3 is 0 Å². The van der Waals surface area contributed by atoms with Crippen LogP contribution in [0.3, 0.4) is 0 Å². The fourth-order valence-corrected chi connectivity index (χ4v) is 1.31. The highest BCUT2D eigenvalue weighted by molar-refractivity contribution is 6.30. The van der Waals surface area contributed by atoms with E-state index in [1.807, 2.05) is 19.1 Å². The molecule has 0 spiro atoms. The Morgan fingerprint density at radius 3 is 2.25 bits per heavy atom. The maximum Gasteiger partial charge on any atom is 0.237 e. The average molecular weight is 263 g/mol. The maximum atomic E-state index is 11.3. The van der Waals surface area contributed by atoms with Crippen molar-refractivity contribution in [1.29, 1.82) is 0 Å². The highest BCUT2D eigenvalue weighted by Gasteiger charge is 2.12. The van der Waals surface area contributed by atoms with E-state index in [0.717, 1.165) is 5.56 Å². The highest BCUT2D eigenvalue weighted by atomic mass is 35.5. The number of carbonyl (C=O) groups excluding carboxylic acids is 1. The monoisotopic (exact) mass is 262 g/mol. The molecule has 1 unspecified atom stereocenters. The lowest BCUT2D eigenvalue weighted by Gasteiger charge is -2.15. The maximum absolute atomic E-state index is 11.3. The molecule has 0 saturated heterocycles. The van der Waals surface area contributed by atoms with Gasteiger partial charge in [-0.2, -0.15) is 0 Å². The van der Waals surface area contributed by atoms with Crippen LogP contribution < -0.4 is 11.1 Å². The molecule has 3 nitrogen and oxygen atoms in total. The Kier molecular flexibility index (Phi) is 6.41. The van der Waals surface area contributed by atoms with E-state index in [1.54, 1.807) is 19.1 Å². The number of hydrogen-bond acceptors (Lipinski definition) is 2. The van der Waals surface area contributed by atoms with Crippen LogP contribution in [0.1, 0.15) is 25.5 Å². The highest BCUT2D eigenvalue weighted by Crippen LogP contribution is 2.15. The molecule has 0 heterocycles. The lowest BCUT2D eigenvalue weighted by molar-refractivity contribution is -0.122. The predicted molar refractivity (Wildman–Crippen MR) is 68.9 cm³/mol. The first-order chi connectivity index (χ1) is 7.00. The minimum Gasteiger partial charge on any atom is -0.348 e. The fraction of sp³-hybridized carbons (Fsp3) is 0.364. The Hall–Kier alpha value is -0.770. The van der Waals surface area contributed by atoms with Crippen molar-refractivity contribution in [3.8, 4) is 0 Å². The Bertz CT molecular complexity index is 338. The topological polar surface area (TPSA) is 55.1 Å². The number of benzene rings is 1. The van der Waals surface area contributed by atoms with Gasteiger partial charge in [0.05, 0.1) is 12.1 Å². The SMILES string of the molecule is CC(NC(=O)[C@H](C)N)c1ccc(Cl)cc1.Cl. The smallest absolute Gasteiger partial charge is 0.237 e. The molecule has 1 rings (SSSR count). The van der Waals surface area contributed by atoms with Gasteiger partial charge in [-0.25, -0.2) is 0 Å². The van der Waals surface area contributed by atoms with Gasteiger partial charge in [-0.05, 0) is 31.5 Å². The van der Waals surface area contributed by atoms with Crippen molar-refractivity contribution in [1.82, 2.24) is 5.32 Å². The molecule has 5 heteroatoms. The van der Waals surface area contributed by atoms with Crippen LogP contribution in [0, 0.1) is 0 Å². The molecule has 1 aromatic carbocycles. The van der Waals surface area contributed by atoms with Crippen molar-refractivity contribution < 1.29 is 4.79 Å². The van der Waals surface area contributed by atoms with Gasteiger partial charge in [-0.1, -0.05) is 23.7 Å². The van der Waals surface area contributed by atoms with Crippen LogP contribution in [0.25, 0.3) is 0 Å². The largest absolute Gasteiger partial charge is 0.348 e. The third kappa shape index (κ3) is 4.39. The second-order valence-corrected chi connectivity index (χ2v) is 4.01. The van der Waals surface area contributed by atoms with Crippen molar-refractivity contribution in [3.63, 3.8) is 0 Å². The van der Waals surface area contributed by atoms with E-state index in [0.29, 0.717) is 5.02 Å². The van der Waals surface area contributed by atoms with Crippen molar-refractivity contribution in [2.45, 2.75) is 25.9 Å². The molecule has 90 valence electrons. The summed E-state index contributed by atoms with van der Waals surface area (Å²) in [5.41, 5.74) is 6.46. The molecule has 0 aromatic heterocycles. The van der Waals surface area contributed by atoms with E-state index >= 15 is 0 Å². The van der Waals surface area contributed by atoms with E-state index < -0.39 is 6.04 Å². The number of hydrogen-bond donors (Lipinski definition) is 2. The molecule has 1 aromatic rings. The lowest BCUT2D eigenvalue weighted by Crippen LogP contribution is -2.39. The van der Waals surface area contributed by atoms with Crippen LogP contribution in [0.5, 0.6) is 0 Å². The second kappa shape index (κ2) is 6.74. The summed E-state index contributed by atoms with van der Waals surface area (Å²) in [5.74, 6) is -0.155. The van der Waals surface area contributed by atoms with E-state index in [4.69, 9.17) is 17.3 Å². The van der Waals surface area contributed by atoms with Crippen LogP contribution in [-0.2, 0) is 4.79 Å². The van der Waals surface area contributed by atoms with Gasteiger partial charge in [0.2, 0.25) is 5.91 Å². The third-order valence-electron chi connectivity index (χ3n) is 2.14. The van der Waals surface area contributed by atoms with Gasteiger partial charge in [-0.3, -0.25) is 4.79 Å². The molecule has 0 fully saturated rings. The van der Waals surface area contributed by atoms with Crippen molar-refractivity contribution in [2.75, 3.05) is 0 Å². The molecule has 0 aliphatic heterocycles. The number of rotatable bonds is 3. The molecule has 0 aliphatic rings. The summed E-state index contributed by atoms with van der Waals surface area (Å²) in [5, 5.41) is 3.49. The number of nitrogens with one attached hydrogen (secondary N) is 1. The molecule has 2 atom stereocenters. The second-order valence-electron chi connectivity index (χ2n) is 3.57. The van der Waals surface area contributed by atoms with Crippen molar-refractivity contribution >= 4 is 29.9 Å². The quantitative estimate of drug-likeness (QED) is 0.879. The first-order valence-corrected chi connectivity index (χ1v) is 5.20. The van der Waals surface area contributed by atoms with Crippen LogP contribution in [0.2, 0.25) is 5.02 Å². The van der Waals surface area contributed by atoms with Gasteiger partial charge in [0.1, 0.15) is 0 Å². The summed E-state index contributed by atoms with van der Waals surface area (Å²) in [6, 6.07) is 6.82. The molecule has 1 amide bonds. The zero-order chi connectivity index (χ0) is 11.4. The summed E-state index contributed by atoms with van der Waals surface area (Å²) in [4.78, 5) is 11.3. The number of halogens is 2. The average Bonchev–Trinajstić information content (AvgIpc) is 2.18. The van der Waals surface area contributed by atoms with Gasteiger partial charge in [0.15, 0.2) is 0 Å². The van der Waals surface area contributed by atoms with Crippen molar-refractivity contribution in [2.24, 2.45) is 5.73 Å². The lowest BCUT2D eigenvalue weighted by atomic mass is 10.1. The minimum absolute atomic E-state index is 0. The summed E-state index contributed by atoms with van der Waals surface area (Å²) in [6.45, 7) is 3.56. The predicted octanol–water partition coefficient (Wildman–Crippen LogP) is 2.29. The third-order valence-corrected chi connectivity index (χ3v) is 2.39.